The maximum atomic E-state index is 14.9. The van der Waals surface area contributed by atoms with Crippen LogP contribution in [0, 0.1) is 0 Å². The second-order valence-electron chi connectivity index (χ2n) is 35.6. The Labute approximate surface area is 720 Å². The summed E-state index contributed by atoms with van der Waals surface area (Å²) in [5.74, 6) is -3.18. The summed E-state index contributed by atoms with van der Waals surface area (Å²) in [5.41, 5.74) is 0. The Hall–Kier alpha value is -3.50. The molecule has 2 amide bonds. The molecule has 0 saturated carbocycles. The number of rotatable bonds is 84. The van der Waals surface area contributed by atoms with Gasteiger partial charge in [-0.05, 0) is 64.2 Å². The Morgan fingerprint density at radius 1 is 0.305 bits per heavy atom. The molecule has 2 aliphatic rings. The minimum absolute atomic E-state index is 0.0879. The van der Waals surface area contributed by atoms with Gasteiger partial charge < -0.3 is 69.3 Å². The SMILES string of the molecule is CCCCCCCCCCCCCCCC(=O)O[C@H](CCCCCCCCCCC)CC(=O)NC1C(CCO)OC(COC2OC(CO)C(O)C(OC(=O)C[C@@H](CCCCCCCCCCC)OC(=O)CCCCCCCCCCCCC)C2NC(=O)C[C@@H](CCCCCCCCCCC)OC(=O)CCCCCCCCCCC)C(O)C1O. The molecule has 0 radical (unpaired) electrons. The summed E-state index contributed by atoms with van der Waals surface area (Å²) in [4.78, 5) is 84.8. The van der Waals surface area contributed by atoms with Crippen molar-refractivity contribution >= 4 is 35.7 Å². The highest BCUT2D eigenvalue weighted by molar-refractivity contribution is 5.79. The van der Waals surface area contributed by atoms with Crippen molar-refractivity contribution in [1.82, 2.24) is 10.6 Å². The van der Waals surface area contributed by atoms with Crippen LogP contribution in [0.2, 0.25) is 0 Å². The quantitative estimate of drug-likeness (QED) is 0.0169. The third kappa shape index (κ3) is 58.6. The standard InChI is InChI=1S/C98H184N2O18/c1-7-13-19-25-31-37-39-40-42-48-54-59-65-70-88(105)113-80(67-61-55-49-43-33-27-21-15-9-3)75-86(103)99-92-83(73-74-101)116-85(94(109)96(92)111)79-112-98-93(100-87(104)76-81(68-62-56-50-44-34-28-22-16-10-4)114-89(106)71-64-58-52-46-36-30-24-18-12-6)97(95(110)84(78-102)117-98)118-91(108)77-82(69-63-57-51-45-35-29-23-17-11-5)115-90(107)72-66-60-53-47-41-38-32-26-20-14-8-2/h80-85,92-98,101-102,109-111H,7-79H2,1-6H3,(H,99,103)(H,100,104)/t80-,81-,82-,83?,84?,85?,92?,93?,94?,95?,96?,97?,98?/m1/s1. The molecule has 2 rings (SSSR count). The molecule has 7 N–H and O–H groups in total. The number of esters is 4. The van der Waals surface area contributed by atoms with Crippen molar-refractivity contribution in [3.05, 3.63) is 0 Å². The normalized spacial score (nSPS) is 20.2. The molecule has 13 atom stereocenters. The molecule has 2 aliphatic heterocycles. The maximum absolute atomic E-state index is 14.9. The number of ether oxygens (including phenoxy) is 7. The van der Waals surface area contributed by atoms with Crippen LogP contribution in [0.3, 0.4) is 0 Å². The molecule has 2 heterocycles. The summed E-state index contributed by atoms with van der Waals surface area (Å²) < 4.78 is 43.9. The van der Waals surface area contributed by atoms with Crippen molar-refractivity contribution in [1.29, 1.82) is 0 Å². The molecule has 0 spiro atoms. The van der Waals surface area contributed by atoms with Gasteiger partial charge >= 0.3 is 23.9 Å². The highest BCUT2D eigenvalue weighted by Crippen LogP contribution is 2.31. The molecule has 0 aromatic rings. The van der Waals surface area contributed by atoms with Crippen LogP contribution in [-0.2, 0) is 61.9 Å². The van der Waals surface area contributed by atoms with Gasteiger partial charge in [0.2, 0.25) is 11.8 Å². The first-order chi connectivity index (χ1) is 57.6. The number of unbranched alkanes of at least 4 members (excludes halogenated alkanes) is 54. The number of carbonyl (C=O) groups excluding carboxylic acids is 6. The molecular weight excluding hydrogens is 1490 g/mol. The van der Waals surface area contributed by atoms with Gasteiger partial charge in [0.05, 0.1) is 44.6 Å². The van der Waals surface area contributed by atoms with Crippen LogP contribution in [0.15, 0.2) is 0 Å². The molecule has 2 fully saturated rings. The van der Waals surface area contributed by atoms with E-state index in [0.29, 0.717) is 51.4 Å². The van der Waals surface area contributed by atoms with Crippen LogP contribution >= 0.6 is 0 Å². The monoisotopic (exact) mass is 1680 g/mol. The number of hydrogen-bond acceptors (Lipinski definition) is 18. The van der Waals surface area contributed by atoms with Gasteiger partial charge in [0.15, 0.2) is 12.4 Å². The highest BCUT2D eigenvalue weighted by atomic mass is 16.7. The van der Waals surface area contributed by atoms with Crippen molar-refractivity contribution in [3.63, 3.8) is 0 Å². The third-order valence-corrected chi connectivity index (χ3v) is 24.4. The Bertz CT molecular complexity index is 2350. The minimum atomic E-state index is -1.75. The van der Waals surface area contributed by atoms with Crippen LogP contribution < -0.4 is 10.6 Å². The van der Waals surface area contributed by atoms with Gasteiger partial charge in [-0.2, -0.15) is 0 Å². The van der Waals surface area contributed by atoms with Gasteiger partial charge in [0.25, 0.3) is 0 Å². The van der Waals surface area contributed by atoms with Gasteiger partial charge in [0.1, 0.15) is 54.9 Å². The van der Waals surface area contributed by atoms with Crippen molar-refractivity contribution in [3.8, 4) is 0 Å². The van der Waals surface area contributed by atoms with Crippen molar-refractivity contribution in [2.24, 2.45) is 0 Å². The van der Waals surface area contributed by atoms with Crippen molar-refractivity contribution in [2.75, 3.05) is 19.8 Å². The fourth-order valence-corrected chi connectivity index (χ4v) is 16.9. The molecule has 0 bridgehead atoms. The summed E-state index contributed by atoms with van der Waals surface area (Å²) in [6.45, 7) is 11.5. The predicted octanol–water partition coefficient (Wildman–Crippen LogP) is 22.6. The van der Waals surface area contributed by atoms with Crippen LogP contribution in [-0.4, -0.2) is 160 Å². The van der Waals surface area contributed by atoms with Crippen LogP contribution in [0.5, 0.6) is 0 Å². The van der Waals surface area contributed by atoms with Gasteiger partial charge in [-0.25, -0.2) is 0 Å². The highest BCUT2D eigenvalue weighted by Gasteiger charge is 2.51. The third-order valence-electron chi connectivity index (χ3n) is 24.4. The minimum Gasteiger partial charge on any atom is -0.462 e. The van der Waals surface area contributed by atoms with E-state index in [4.69, 9.17) is 33.2 Å². The first-order valence-corrected chi connectivity index (χ1v) is 50.1. The number of hydrogen-bond donors (Lipinski definition) is 7. The average Bonchev–Trinajstić information content (AvgIpc) is 0.795. The lowest BCUT2D eigenvalue weighted by Gasteiger charge is -2.46. The summed E-state index contributed by atoms with van der Waals surface area (Å²) in [6, 6.07) is -2.75. The summed E-state index contributed by atoms with van der Waals surface area (Å²) in [7, 11) is 0. The predicted molar refractivity (Wildman–Crippen MR) is 476 cm³/mol. The molecule has 0 aromatic carbocycles. The van der Waals surface area contributed by atoms with E-state index in [2.05, 4.69) is 52.2 Å². The smallest absolute Gasteiger partial charge is 0.310 e. The van der Waals surface area contributed by atoms with Crippen molar-refractivity contribution < 1.29 is 87.5 Å². The fraction of sp³-hybridized carbons (Fsp3) is 0.939. The molecule has 10 unspecified atom stereocenters. The molecule has 118 heavy (non-hydrogen) atoms. The first kappa shape index (κ1) is 111. The van der Waals surface area contributed by atoms with E-state index < -0.39 is 129 Å². The lowest BCUT2D eigenvalue weighted by Crippen LogP contribution is -2.67. The molecule has 2 saturated heterocycles. The Balaban J connectivity index is 2.50. The van der Waals surface area contributed by atoms with Crippen LogP contribution in [0.4, 0.5) is 0 Å². The van der Waals surface area contributed by atoms with E-state index in [1.54, 1.807) is 0 Å². The number of carbonyl (C=O) groups is 6. The topological polar surface area (TPSA) is 292 Å². The molecule has 20 heteroatoms. The van der Waals surface area contributed by atoms with Crippen LogP contribution in [0.1, 0.15) is 491 Å². The van der Waals surface area contributed by atoms with Crippen molar-refractivity contribution in [2.45, 2.75) is 570 Å². The first-order valence-electron chi connectivity index (χ1n) is 50.1. The molecule has 0 aromatic heterocycles. The fourth-order valence-electron chi connectivity index (χ4n) is 16.9. The number of amides is 2. The Morgan fingerprint density at radius 2 is 0.585 bits per heavy atom. The number of nitrogens with one attached hydrogen (secondary N) is 2. The van der Waals surface area contributed by atoms with E-state index in [0.717, 1.165) is 135 Å². The zero-order valence-electron chi connectivity index (χ0n) is 76.7. The van der Waals surface area contributed by atoms with E-state index in [-0.39, 0.29) is 50.9 Å². The average molecular weight is 1680 g/mol. The van der Waals surface area contributed by atoms with Gasteiger partial charge in [-0.1, -0.05) is 388 Å². The van der Waals surface area contributed by atoms with E-state index >= 15 is 0 Å². The Kier molecular flexibility index (Phi) is 73.3. The zero-order chi connectivity index (χ0) is 86.0. The zero-order valence-corrected chi connectivity index (χ0v) is 76.7. The second kappa shape index (κ2) is 78.2. The number of aliphatic hydroxyl groups excluding tert-OH is 5. The summed E-state index contributed by atoms with van der Waals surface area (Å²) >= 11 is 0. The Morgan fingerprint density at radius 3 is 0.881 bits per heavy atom. The van der Waals surface area contributed by atoms with E-state index in [1.807, 2.05) is 0 Å². The van der Waals surface area contributed by atoms with Gasteiger partial charge in [0, 0.05) is 25.9 Å². The lowest BCUT2D eigenvalue weighted by atomic mass is 9.91. The second-order valence-corrected chi connectivity index (χ2v) is 35.6. The molecule has 20 nitrogen and oxygen atoms in total. The summed E-state index contributed by atoms with van der Waals surface area (Å²) in [5, 5.41) is 63.5. The molecule has 0 aliphatic carbocycles. The largest absolute Gasteiger partial charge is 0.462 e. The van der Waals surface area contributed by atoms with Gasteiger partial charge in [-0.3, -0.25) is 28.8 Å². The number of aliphatic hydroxyl groups is 5. The molecular formula is C98H184N2O18. The van der Waals surface area contributed by atoms with E-state index in [9.17, 15) is 54.3 Å². The van der Waals surface area contributed by atoms with Crippen LogP contribution in [0.25, 0.3) is 0 Å². The summed E-state index contributed by atoms with van der Waals surface area (Å²) in [6.07, 6.45) is 52.6. The van der Waals surface area contributed by atoms with Gasteiger partial charge in [-0.15, -0.1) is 0 Å². The maximum Gasteiger partial charge on any atom is 0.310 e. The lowest BCUT2D eigenvalue weighted by molar-refractivity contribution is -0.288. The van der Waals surface area contributed by atoms with E-state index in [1.165, 1.54) is 218 Å². The molecule has 694 valence electrons.